The van der Waals surface area contributed by atoms with Gasteiger partial charge in [0.1, 0.15) is 11.6 Å². The average Bonchev–Trinajstić information content (AvgIpc) is 2.48. The van der Waals surface area contributed by atoms with E-state index in [1.165, 1.54) is 26.2 Å². The highest BCUT2D eigenvalue weighted by Gasteiger charge is 2.31. The van der Waals surface area contributed by atoms with E-state index in [0.717, 1.165) is 16.7 Å². The third kappa shape index (κ3) is 4.00. The Bertz CT molecular complexity index is 844. The molecule has 0 aliphatic heterocycles. The van der Waals surface area contributed by atoms with E-state index >= 15 is 0 Å². The molecule has 0 bridgehead atoms. The highest BCUT2D eigenvalue weighted by molar-refractivity contribution is 5.62. The molecule has 11 heteroatoms. The van der Waals surface area contributed by atoms with E-state index < -0.39 is 23.4 Å². The number of nitrogens with one attached hydrogen (secondary N) is 3. The van der Waals surface area contributed by atoms with Crippen molar-refractivity contribution in [2.75, 3.05) is 17.8 Å². The summed E-state index contributed by atoms with van der Waals surface area (Å²) in [5, 5.41) is 2.65. The Balaban J connectivity index is 2.23. The van der Waals surface area contributed by atoms with Gasteiger partial charge in [-0.15, -0.1) is 13.2 Å². The smallest absolute Gasteiger partial charge is 0.406 e. The fourth-order valence-electron chi connectivity index (χ4n) is 1.85. The van der Waals surface area contributed by atoms with E-state index in [4.69, 9.17) is 4.84 Å². The van der Waals surface area contributed by atoms with Gasteiger partial charge in [0.2, 0.25) is 0 Å². The Hall–Kier alpha value is -3.11. The molecule has 0 atom stereocenters. The molecule has 1 aromatic heterocycles. The SMILES string of the molecule is CNc1c(NOc2cccc(OC(F)(F)F)c2)c(=O)[nH]c(=O)n1C. The quantitative estimate of drug-likeness (QED) is 0.709. The van der Waals surface area contributed by atoms with Crippen molar-refractivity contribution in [2.45, 2.75) is 6.36 Å². The molecule has 24 heavy (non-hydrogen) atoms. The molecule has 130 valence electrons. The number of rotatable bonds is 5. The number of H-pyrrole nitrogens is 1. The molecular formula is C13H13F3N4O4. The lowest BCUT2D eigenvalue weighted by Gasteiger charge is -2.14. The zero-order valence-electron chi connectivity index (χ0n) is 12.5. The number of alkyl halides is 3. The zero-order chi connectivity index (χ0) is 17.9. The summed E-state index contributed by atoms with van der Waals surface area (Å²) in [5.74, 6) is -0.386. The largest absolute Gasteiger partial charge is 0.573 e. The van der Waals surface area contributed by atoms with E-state index in [9.17, 15) is 22.8 Å². The summed E-state index contributed by atoms with van der Waals surface area (Å²) in [5.41, 5.74) is 0.778. The molecule has 0 aliphatic carbocycles. The first-order valence-corrected chi connectivity index (χ1v) is 6.51. The Morgan fingerprint density at radius 1 is 1.21 bits per heavy atom. The van der Waals surface area contributed by atoms with Crippen LogP contribution in [0.4, 0.5) is 24.7 Å². The van der Waals surface area contributed by atoms with Crippen LogP contribution in [0.15, 0.2) is 33.9 Å². The summed E-state index contributed by atoms with van der Waals surface area (Å²) in [7, 11) is 2.89. The number of hydrogen-bond acceptors (Lipinski definition) is 6. The lowest BCUT2D eigenvalue weighted by atomic mass is 10.3. The van der Waals surface area contributed by atoms with Gasteiger partial charge in [0, 0.05) is 20.2 Å². The molecule has 0 amide bonds. The lowest BCUT2D eigenvalue weighted by Crippen LogP contribution is -2.32. The summed E-state index contributed by atoms with van der Waals surface area (Å²) in [6.07, 6.45) is -4.83. The molecule has 0 fully saturated rings. The first kappa shape index (κ1) is 17.2. The van der Waals surface area contributed by atoms with Gasteiger partial charge in [-0.05, 0) is 12.1 Å². The number of anilines is 2. The van der Waals surface area contributed by atoms with Crippen molar-refractivity contribution >= 4 is 11.5 Å². The van der Waals surface area contributed by atoms with Crippen molar-refractivity contribution in [3.63, 3.8) is 0 Å². The molecule has 0 saturated carbocycles. The van der Waals surface area contributed by atoms with Crippen LogP contribution in [0.2, 0.25) is 0 Å². The van der Waals surface area contributed by atoms with Gasteiger partial charge in [-0.3, -0.25) is 14.3 Å². The van der Waals surface area contributed by atoms with E-state index in [2.05, 4.69) is 20.5 Å². The van der Waals surface area contributed by atoms with Crippen LogP contribution in [-0.2, 0) is 7.05 Å². The van der Waals surface area contributed by atoms with Gasteiger partial charge in [-0.2, -0.15) is 0 Å². The van der Waals surface area contributed by atoms with Crippen LogP contribution in [0.5, 0.6) is 11.5 Å². The van der Waals surface area contributed by atoms with E-state index in [0.29, 0.717) is 0 Å². The molecule has 0 spiro atoms. The summed E-state index contributed by atoms with van der Waals surface area (Å²) >= 11 is 0. The van der Waals surface area contributed by atoms with Crippen molar-refractivity contribution < 1.29 is 22.7 Å². The molecule has 1 aromatic carbocycles. The third-order valence-electron chi connectivity index (χ3n) is 2.87. The minimum atomic E-state index is -4.83. The minimum absolute atomic E-state index is 0.0351. The first-order chi connectivity index (χ1) is 11.2. The third-order valence-corrected chi connectivity index (χ3v) is 2.87. The molecule has 2 rings (SSSR count). The van der Waals surface area contributed by atoms with Crippen LogP contribution < -0.4 is 31.6 Å². The van der Waals surface area contributed by atoms with Crippen molar-refractivity contribution in [3.8, 4) is 11.5 Å². The van der Waals surface area contributed by atoms with Gasteiger partial charge in [0.15, 0.2) is 11.4 Å². The first-order valence-electron chi connectivity index (χ1n) is 6.51. The fraction of sp³-hybridized carbons (Fsp3) is 0.231. The molecule has 1 heterocycles. The second kappa shape index (κ2) is 6.56. The second-order valence-corrected chi connectivity index (χ2v) is 4.52. The second-order valence-electron chi connectivity index (χ2n) is 4.52. The Labute approximate surface area is 132 Å². The van der Waals surface area contributed by atoms with Crippen LogP contribution in [0.1, 0.15) is 0 Å². The van der Waals surface area contributed by atoms with E-state index in [1.807, 2.05) is 0 Å². The molecule has 0 radical (unpaired) electrons. The van der Waals surface area contributed by atoms with Gasteiger partial charge in [0.05, 0.1) is 0 Å². The Morgan fingerprint density at radius 2 is 1.88 bits per heavy atom. The molecule has 3 N–H and O–H groups in total. The van der Waals surface area contributed by atoms with Gasteiger partial charge in [-0.1, -0.05) is 6.07 Å². The molecule has 2 aromatic rings. The predicted molar refractivity (Wildman–Crippen MR) is 79.2 cm³/mol. The molecule has 0 saturated heterocycles. The van der Waals surface area contributed by atoms with Crippen LogP contribution in [0.25, 0.3) is 0 Å². The lowest BCUT2D eigenvalue weighted by molar-refractivity contribution is -0.274. The Morgan fingerprint density at radius 3 is 2.50 bits per heavy atom. The molecular weight excluding hydrogens is 333 g/mol. The Kier molecular flexibility index (Phi) is 4.71. The minimum Gasteiger partial charge on any atom is -0.406 e. The average molecular weight is 346 g/mol. The highest BCUT2D eigenvalue weighted by Crippen LogP contribution is 2.26. The van der Waals surface area contributed by atoms with Crippen LogP contribution in [-0.4, -0.2) is 23.0 Å². The van der Waals surface area contributed by atoms with Crippen molar-refractivity contribution in [1.82, 2.24) is 9.55 Å². The molecule has 0 unspecified atom stereocenters. The fourth-order valence-corrected chi connectivity index (χ4v) is 1.85. The van der Waals surface area contributed by atoms with Gasteiger partial charge >= 0.3 is 12.1 Å². The predicted octanol–water partition coefficient (Wildman–Crippen LogP) is 1.42. The maximum absolute atomic E-state index is 12.2. The van der Waals surface area contributed by atoms with E-state index in [-0.39, 0.29) is 17.3 Å². The summed E-state index contributed by atoms with van der Waals surface area (Å²) in [6.45, 7) is 0. The summed E-state index contributed by atoms with van der Waals surface area (Å²) in [6, 6.07) is 4.71. The normalized spacial score (nSPS) is 11.0. The van der Waals surface area contributed by atoms with Crippen molar-refractivity contribution in [2.24, 2.45) is 7.05 Å². The monoisotopic (exact) mass is 346 g/mol. The number of aromatic amines is 1. The van der Waals surface area contributed by atoms with Gasteiger partial charge in [0.25, 0.3) is 5.56 Å². The van der Waals surface area contributed by atoms with Crippen LogP contribution in [0.3, 0.4) is 0 Å². The number of ether oxygens (including phenoxy) is 1. The number of aromatic nitrogens is 2. The standard InChI is InChI=1S/C13H13F3N4O4/c1-17-10-9(11(21)18-12(22)20(10)2)19-24-8-5-3-4-7(6-8)23-13(14,15)16/h3-6,17,19H,1-2H3,(H,18,21,22). The maximum atomic E-state index is 12.2. The number of benzene rings is 1. The van der Waals surface area contributed by atoms with Crippen LogP contribution in [0, 0.1) is 0 Å². The maximum Gasteiger partial charge on any atom is 0.573 e. The van der Waals surface area contributed by atoms with Gasteiger partial charge < -0.3 is 14.9 Å². The highest BCUT2D eigenvalue weighted by atomic mass is 19.4. The number of nitrogens with zero attached hydrogens (tertiary/aromatic N) is 1. The van der Waals surface area contributed by atoms with Crippen molar-refractivity contribution in [3.05, 3.63) is 45.1 Å². The van der Waals surface area contributed by atoms with E-state index in [1.54, 1.807) is 0 Å². The number of hydrogen-bond donors (Lipinski definition) is 3. The summed E-state index contributed by atoms with van der Waals surface area (Å²) < 4.78 is 41.5. The van der Waals surface area contributed by atoms with Crippen LogP contribution >= 0.6 is 0 Å². The molecule has 8 nitrogen and oxygen atoms in total. The molecule has 0 aliphatic rings. The topological polar surface area (TPSA) is 97.4 Å². The summed E-state index contributed by atoms with van der Waals surface area (Å²) in [4.78, 5) is 30.5. The van der Waals surface area contributed by atoms with Crippen molar-refractivity contribution in [1.29, 1.82) is 0 Å². The van der Waals surface area contributed by atoms with Gasteiger partial charge in [-0.25, -0.2) is 10.3 Å². The zero-order valence-corrected chi connectivity index (χ0v) is 12.5. The number of halogens is 3.